The first kappa shape index (κ1) is 19.4. The van der Waals surface area contributed by atoms with Gasteiger partial charge in [0.15, 0.2) is 5.13 Å². The molecule has 3 aromatic rings. The molecule has 0 spiro atoms. The molecule has 2 heterocycles. The van der Waals surface area contributed by atoms with Crippen LogP contribution in [0, 0.1) is 0 Å². The van der Waals surface area contributed by atoms with Gasteiger partial charge < -0.3 is 25.1 Å². The monoisotopic (exact) mass is 400 g/mol. The van der Waals surface area contributed by atoms with E-state index < -0.39 is 11.9 Å². The highest BCUT2D eigenvalue weighted by molar-refractivity contribution is 7.14. The molecule has 0 aliphatic heterocycles. The van der Waals surface area contributed by atoms with Crippen LogP contribution in [0.2, 0.25) is 0 Å². The van der Waals surface area contributed by atoms with E-state index in [0.717, 1.165) is 5.69 Å². The molecule has 1 unspecified atom stereocenters. The van der Waals surface area contributed by atoms with Gasteiger partial charge in [0.05, 0.1) is 25.6 Å². The summed E-state index contributed by atoms with van der Waals surface area (Å²) in [6, 6.07) is 10.2. The van der Waals surface area contributed by atoms with Crippen molar-refractivity contribution in [1.82, 2.24) is 15.6 Å². The number of nitrogens with one attached hydrogen (secondary N) is 3. The lowest BCUT2D eigenvalue weighted by Crippen LogP contribution is -2.44. The van der Waals surface area contributed by atoms with Crippen molar-refractivity contribution in [3.8, 4) is 5.75 Å². The minimum absolute atomic E-state index is 0.230. The van der Waals surface area contributed by atoms with Gasteiger partial charge in [-0.05, 0) is 31.2 Å². The first-order valence-corrected chi connectivity index (χ1v) is 9.41. The van der Waals surface area contributed by atoms with E-state index in [4.69, 9.17) is 9.15 Å². The van der Waals surface area contributed by atoms with Gasteiger partial charge >= 0.3 is 0 Å². The van der Waals surface area contributed by atoms with Gasteiger partial charge in [0.25, 0.3) is 5.91 Å². The SMILES string of the molecule is COc1ccccc1Nc1nc(C(=O)NC(C)C(=O)NCc2ccco2)cs1. The lowest BCUT2D eigenvalue weighted by molar-refractivity contribution is -0.122. The average Bonchev–Trinajstić information content (AvgIpc) is 3.38. The summed E-state index contributed by atoms with van der Waals surface area (Å²) in [6.45, 7) is 1.87. The van der Waals surface area contributed by atoms with Gasteiger partial charge in [0.2, 0.25) is 5.91 Å². The highest BCUT2D eigenvalue weighted by Gasteiger charge is 2.19. The second-order valence-electron chi connectivity index (χ2n) is 5.86. The Hall–Kier alpha value is -3.33. The Balaban J connectivity index is 1.55. The van der Waals surface area contributed by atoms with Gasteiger partial charge in [0.1, 0.15) is 23.2 Å². The van der Waals surface area contributed by atoms with Crippen molar-refractivity contribution in [3.05, 3.63) is 59.5 Å². The molecule has 0 saturated carbocycles. The number of nitrogens with zero attached hydrogens (tertiary/aromatic N) is 1. The Morgan fingerprint density at radius 2 is 2.07 bits per heavy atom. The Morgan fingerprint density at radius 3 is 2.82 bits per heavy atom. The van der Waals surface area contributed by atoms with Crippen LogP contribution < -0.4 is 20.7 Å². The number of rotatable bonds is 8. The number of thiazole rings is 1. The maximum Gasteiger partial charge on any atom is 0.271 e. The normalized spacial score (nSPS) is 11.5. The third-order valence-electron chi connectivity index (χ3n) is 3.84. The van der Waals surface area contributed by atoms with E-state index in [9.17, 15) is 9.59 Å². The maximum atomic E-state index is 12.4. The van der Waals surface area contributed by atoms with E-state index >= 15 is 0 Å². The summed E-state index contributed by atoms with van der Waals surface area (Å²) in [7, 11) is 1.58. The lowest BCUT2D eigenvalue weighted by Gasteiger charge is -2.12. The number of aromatic nitrogens is 1. The quantitative estimate of drug-likeness (QED) is 0.537. The minimum Gasteiger partial charge on any atom is -0.495 e. The van der Waals surface area contributed by atoms with Gasteiger partial charge in [-0.25, -0.2) is 4.98 Å². The molecule has 1 aromatic carbocycles. The molecule has 0 aliphatic carbocycles. The Kier molecular flexibility index (Phi) is 6.28. The molecule has 0 fully saturated rings. The largest absolute Gasteiger partial charge is 0.495 e. The average molecular weight is 400 g/mol. The molecule has 3 N–H and O–H groups in total. The number of amides is 2. The van der Waals surface area contributed by atoms with E-state index in [1.807, 2.05) is 24.3 Å². The molecule has 9 heteroatoms. The fourth-order valence-electron chi connectivity index (χ4n) is 2.38. The zero-order valence-electron chi connectivity index (χ0n) is 15.4. The Morgan fingerprint density at radius 1 is 1.25 bits per heavy atom. The lowest BCUT2D eigenvalue weighted by atomic mass is 10.3. The Bertz CT molecular complexity index is 939. The summed E-state index contributed by atoms with van der Waals surface area (Å²) >= 11 is 1.28. The summed E-state index contributed by atoms with van der Waals surface area (Å²) in [4.78, 5) is 28.7. The molecule has 2 amide bonds. The molecule has 146 valence electrons. The standard InChI is InChI=1S/C19H20N4O4S/c1-12(17(24)20-10-13-6-5-9-27-13)21-18(25)15-11-28-19(23-15)22-14-7-3-4-8-16(14)26-2/h3-9,11-12H,10H2,1-2H3,(H,20,24)(H,21,25)(H,22,23). The van der Waals surface area contributed by atoms with Crippen molar-refractivity contribution in [2.45, 2.75) is 19.5 Å². The van der Waals surface area contributed by atoms with Crippen LogP contribution >= 0.6 is 11.3 Å². The second kappa shape index (κ2) is 9.05. The number of anilines is 2. The van der Waals surface area contributed by atoms with Gasteiger partial charge in [-0.2, -0.15) is 0 Å². The van der Waals surface area contributed by atoms with E-state index in [2.05, 4.69) is 20.9 Å². The number of hydrogen-bond acceptors (Lipinski definition) is 7. The fraction of sp³-hybridized carbons (Fsp3) is 0.211. The molecule has 0 saturated heterocycles. The van der Waals surface area contributed by atoms with Crippen LogP contribution in [0.4, 0.5) is 10.8 Å². The summed E-state index contributed by atoms with van der Waals surface area (Å²) in [5.41, 5.74) is 0.977. The molecule has 0 aliphatic rings. The van der Waals surface area contributed by atoms with Gasteiger partial charge in [0, 0.05) is 5.38 Å². The molecule has 28 heavy (non-hydrogen) atoms. The fourth-order valence-corrected chi connectivity index (χ4v) is 3.08. The van der Waals surface area contributed by atoms with E-state index in [1.165, 1.54) is 17.6 Å². The highest BCUT2D eigenvalue weighted by atomic mass is 32.1. The van der Waals surface area contributed by atoms with Crippen LogP contribution in [-0.2, 0) is 11.3 Å². The number of carbonyl (C=O) groups excluding carboxylic acids is 2. The van der Waals surface area contributed by atoms with Crippen molar-refractivity contribution in [3.63, 3.8) is 0 Å². The van der Waals surface area contributed by atoms with E-state index in [0.29, 0.717) is 16.6 Å². The van der Waals surface area contributed by atoms with Crippen LogP contribution in [-0.4, -0.2) is 29.9 Å². The van der Waals surface area contributed by atoms with Crippen LogP contribution in [0.3, 0.4) is 0 Å². The van der Waals surface area contributed by atoms with Crippen molar-refractivity contribution >= 4 is 34.0 Å². The molecule has 2 aromatic heterocycles. The van der Waals surface area contributed by atoms with Crippen LogP contribution in [0.1, 0.15) is 23.2 Å². The molecular formula is C19H20N4O4S. The summed E-state index contributed by atoms with van der Waals surface area (Å²) in [5, 5.41) is 10.6. The van der Waals surface area contributed by atoms with Crippen molar-refractivity contribution in [2.24, 2.45) is 0 Å². The number of benzene rings is 1. The topological polar surface area (TPSA) is 105 Å². The molecule has 0 bridgehead atoms. The van der Waals surface area contributed by atoms with Gasteiger partial charge in [-0.3, -0.25) is 9.59 Å². The number of hydrogen-bond donors (Lipinski definition) is 3. The number of carbonyl (C=O) groups is 2. The van der Waals surface area contributed by atoms with Crippen LogP contribution in [0.5, 0.6) is 5.75 Å². The van der Waals surface area contributed by atoms with Crippen LogP contribution in [0.15, 0.2) is 52.5 Å². The number of furan rings is 1. The smallest absolute Gasteiger partial charge is 0.271 e. The maximum absolute atomic E-state index is 12.4. The van der Waals surface area contributed by atoms with E-state index in [-0.39, 0.29) is 18.1 Å². The number of ether oxygens (including phenoxy) is 1. The first-order valence-electron chi connectivity index (χ1n) is 8.53. The van der Waals surface area contributed by atoms with Gasteiger partial charge in [-0.1, -0.05) is 12.1 Å². The van der Waals surface area contributed by atoms with Gasteiger partial charge in [-0.15, -0.1) is 11.3 Å². The highest BCUT2D eigenvalue weighted by Crippen LogP contribution is 2.28. The van der Waals surface area contributed by atoms with Crippen LogP contribution in [0.25, 0.3) is 0 Å². The van der Waals surface area contributed by atoms with Crippen molar-refractivity contribution in [2.75, 3.05) is 12.4 Å². The third-order valence-corrected chi connectivity index (χ3v) is 4.60. The minimum atomic E-state index is -0.713. The number of para-hydroxylation sites is 2. The summed E-state index contributed by atoms with van der Waals surface area (Å²) in [5.74, 6) is 0.571. The summed E-state index contributed by atoms with van der Waals surface area (Å²) in [6.07, 6.45) is 1.53. The second-order valence-corrected chi connectivity index (χ2v) is 6.71. The van der Waals surface area contributed by atoms with Crippen molar-refractivity contribution < 1.29 is 18.7 Å². The summed E-state index contributed by atoms with van der Waals surface area (Å²) < 4.78 is 10.4. The van der Waals surface area contributed by atoms with E-state index in [1.54, 1.807) is 31.5 Å². The van der Waals surface area contributed by atoms with Crippen molar-refractivity contribution in [1.29, 1.82) is 0 Å². The third kappa shape index (κ3) is 4.89. The number of methoxy groups -OCH3 is 1. The molecule has 3 rings (SSSR count). The molecular weight excluding hydrogens is 380 g/mol. The predicted octanol–water partition coefficient (Wildman–Crippen LogP) is 2.92. The first-order chi connectivity index (χ1) is 13.6. The Labute approximate surface area is 165 Å². The molecule has 1 atom stereocenters. The molecule has 8 nitrogen and oxygen atoms in total. The zero-order chi connectivity index (χ0) is 19.9. The predicted molar refractivity (Wildman–Crippen MR) is 106 cm³/mol. The zero-order valence-corrected chi connectivity index (χ0v) is 16.2. The molecule has 0 radical (unpaired) electrons.